The molecular formula is C14H28N4. The van der Waals surface area contributed by atoms with Crippen LogP contribution in [0.3, 0.4) is 0 Å². The SMILES string of the molecule is CCN(CC)CCCC(C)NCc1nccn1C. The lowest BCUT2D eigenvalue weighted by Gasteiger charge is -2.19. The Morgan fingerprint density at radius 1 is 1.39 bits per heavy atom. The Kier molecular flexibility index (Phi) is 6.98. The molecule has 1 aromatic rings. The highest BCUT2D eigenvalue weighted by Crippen LogP contribution is 2.01. The highest BCUT2D eigenvalue weighted by molar-refractivity contribution is 4.90. The van der Waals surface area contributed by atoms with Gasteiger partial charge in [0.1, 0.15) is 5.82 Å². The molecular weight excluding hydrogens is 224 g/mol. The summed E-state index contributed by atoms with van der Waals surface area (Å²) in [6.45, 7) is 11.1. The zero-order valence-electron chi connectivity index (χ0n) is 12.3. The first-order valence-corrected chi connectivity index (χ1v) is 7.09. The maximum atomic E-state index is 4.32. The highest BCUT2D eigenvalue weighted by atomic mass is 15.1. The predicted octanol–water partition coefficient (Wildman–Crippen LogP) is 2.02. The van der Waals surface area contributed by atoms with Crippen LogP contribution in [0.5, 0.6) is 0 Å². The highest BCUT2D eigenvalue weighted by Gasteiger charge is 2.05. The number of aryl methyl sites for hydroxylation is 1. The van der Waals surface area contributed by atoms with Gasteiger partial charge in [0.25, 0.3) is 0 Å². The molecule has 0 aliphatic carbocycles. The summed E-state index contributed by atoms with van der Waals surface area (Å²) in [5.74, 6) is 1.10. The second-order valence-corrected chi connectivity index (χ2v) is 4.91. The molecule has 1 atom stereocenters. The number of nitrogens with zero attached hydrogens (tertiary/aromatic N) is 3. The third-order valence-corrected chi connectivity index (χ3v) is 3.54. The smallest absolute Gasteiger partial charge is 0.122 e. The normalized spacial score (nSPS) is 13.2. The third-order valence-electron chi connectivity index (χ3n) is 3.54. The van der Waals surface area contributed by atoms with Crippen LogP contribution in [0.25, 0.3) is 0 Å². The zero-order valence-corrected chi connectivity index (χ0v) is 12.3. The monoisotopic (exact) mass is 252 g/mol. The fraction of sp³-hybridized carbons (Fsp3) is 0.786. The van der Waals surface area contributed by atoms with Crippen LogP contribution >= 0.6 is 0 Å². The number of imidazole rings is 1. The van der Waals surface area contributed by atoms with Crippen LogP contribution in [0, 0.1) is 0 Å². The molecule has 0 fully saturated rings. The van der Waals surface area contributed by atoms with Gasteiger partial charge in [-0.15, -0.1) is 0 Å². The maximum absolute atomic E-state index is 4.32. The van der Waals surface area contributed by atoms with Crippen LogP contribution in [0.4, 0.5) is 0 Å². The molecule has 0 saturated carbocycles. The van der Waals surface area contributed by atoms with Crippen LogP contribution in [0.15, 0.2) is 12.4 Å². The lowest BCUT2D eigenvalue weighted by Crippen LogP contribution is -2.29. The quantitative estimate of drug-likeness (QED) is 0.730. The van der Waals surface area contributed by atoms with Gasteiger partial charge >= 0.3 is 0 Å². The minimum Gasteiger partial charge on any atom is -0.337 e. The van der Waals surface area contributed by atoms with Crippen molar-refractivity contribution in [3.8, 4) is 0 Å². The largest absolute Gasteiger partial charge is 0.337 e. The van der Waals surface area contributed by atoms with Crippen molar-refractivity contribution in [3.63, 3.8) is 0 Å². The summed E-state index contributed by atoms with van der Waals surface area (Å²) in [4.78, 5) is 6.79. The Labute approximate surface area is 111 Å². The Morgan fingerprint density at radius 2 is 2.11 bits per heavy atom. The van der Waals surface area contributed by atoms with Gasteiger partial charge in [-0.25, -0.2) is 4.98 Å². The second-order valence-electron chi connectivity index (χ2n) is 4.91. The Bertz CT molecular complexity index is 317. The van der Waals surface area contributed by atoms with E-state index in [2.05, 4.69) is 40.5 Å². The van der Waals surface area contributed by atoms with Gasteiger partial charge in [-0.1, -0.05) is 13.8 Å². The predicted molar refractivity (Wildman–Crippen MR) is 76.5 cm³/mol. The average Bonchev–Trinajstić information content (AvgIpc) is 2.78. The van der Waals surface area contributed by atoms with Gasteiger partial charge in [-0.2, -0.15) is 0 Å². The molecule has 104 valence electrons. The minimum atomic E-state index is 0.553. The number of hydrogen-bond acceptors (Lipinski definition) is 3. The van der Waals surface area contributed by atoms with Crippen LogP contribution in [-0.4, -0.2) is 40.1 Å². The molecule has 1 heterocycles. The van der Waals surface area contributed by atoms with Gasteiger partial charge in [-0.05, 0) is 39.4 Å². The molecule has 0 aliphatic heterocycles. The Balaban J connectivity index is 2.14. The van der Waals surface area contributed by atoms with E-state index < -0.39 is 0 Å². The summed E-state index contributed by atoms with van der Waals surface area (Å²) in [6, 6.07) is 0.553. The topological polar surface area (TPSA) is 33.1 Å². The van der Waals surface area contributed by atoms with Crippen molar-refractivity contribution in [2.75, 3.05) is 19.6 Å². The van der Waals surface area contributed by atoms with Crippen LogP contribution in [0.2, 0.25) is 0 Å². The van der Waals surface area contributed by atoms with E-state index in [-0.39, 0.29) is 0 Å². The third kappa shape index (κ3) is 5.19. The van der Waals surface area contributed by atoms with Crippen molar-refractivity contribution in [1.29, 1.82) is 0 Å². The van der Waals surface area contributed by atoms with E-state index >= 15 is 0 Å². The van der Waals surface area contributed by atoms with Gasteiger partial charge in [0.2, 0.25) is 0 Å². The number of nitrogens with one attached hydrogen (secondary N) is 1. The first-order valence-electron chi connectivity index (χ1n) is 7.09. The molecule has 0 bridgehead atoms. The van der Waals surface area contributed by atoms with Gasteiger partial charge in [0.05, 0.1) is 6.54 Å². The molecule has 0 saturated heterocycles. The summed E-state index contributed by atoms with van der Waals surface area (Å²) in [6.07, 6.45) is 6.32. The molecule has 0 aromatic carbocycles. The summed E-state index contributed by atoms with van der Waals surface area (Å²) in [5, 5.41) is 3.53. The van der Waals surface area contributed by atoms with Crippen molar-refractivity contribution >= 4 is 0 Å². The van der Waals surface area contributed by atoms with Crippen molar-refractivity contribution in [3.05, 3.63) is 18.2 Å². The Morgan fingerprint density at radius 3 is 2.67 bits per heavy atom. The number of hydrogen-bond donors (Lipinski definition) is 1. The van der Waals surface area contributed by atoms with E-state index in [1.165, 1.54) is 19.4 Å². The Hall–Kier alpha value is -0.870. The summed E-state index contributed by atoms with van der Waals surface area (Å²) < 4.78 is 2.07. The molecule has 0 amide bonds. The maximum Gasteiger partial charge on any atom is 0.122 e. The van der Waals surface area contributed by atoms with E-state index in [4.69, 9.17) is 0 Å². The fourth-order valence-electron chi connectivity index (χ4n) is 2.10. The molecule has 4 nitrogen and oxygen atoms in total. The minimum absolute atomic E-state index is 0.553. The first-order chi connectivity index (χ1) is 8.67. The van der Waals surface area contributed by atoms with Crippen molar-refractivity contribution in [2.24, 2.45) is 7.05 Å². The van der Waals surface area contributed by atoms with Gasteiger partial charge in [0, 0.05) is 25.5 Å². The second kappa shape index (κ2) is 8.27. The standard InChI is InChI=1S/C14H28N4/c1-5-18(6-2)10-7-8-13(3)16-12-14-15-9-11-17(14)4/h9,11,13,16H,5-8,10,12H2,1-4H3. The van der Waals surface area contributed by atoms with E-state index in [1.54, 1.807) is 0 Å². The average molecular weight is 252 g/mol. The fourth-order valence-corrected chi connectivity index (χ4v) is 2.10. The zero-order chi connectivity index (χ0) is 13.4. The van der Waals surface area contributed by atoms with Crippen LogP contribution < -0.4 is 5.32 Å². The van der Waals surface area contributed by atoms with E-state index in [0.29, 0.717) is 6.04 Å². The van der Waals surface area contributed by atoms with E-state index in [9.17, 15) is 0 Å². The molecule has 1 N–H and O–H groups in total. The summed E-state index contributed by atoms with van der Waals surface area (Å²) >= 11 is 0. The van der Waals surface area contributed by atoms with E-state index in [1.807, 2.05) is 19.4 Å². The molecule has 1 rings (SSSR count). The summed E-state index contributed by atoms with van der Waals surface area (Å²) in [7, 11) is 2.04. The molecule has 1 aromatic heterocycles. The molecule has 0 aliphatic rings. The lowest BCUT2D eigenvalue weighted by molar-refractivity contribution is 0.290. The van der Waals surface area contributed by atoms with Gasteiger partial charge in [-0.3, -0.25) is 0 Å². The lowest BCUT2D eigenvalue weighted by atomic mass is 10.1. The molecule has 1 unspecified atom stereocenters. The molecule has 0 spiro atoms. The number of rotatable bonds is 9. The number of aromatic nitrogens is 2. The first kappa shape index (κ1) is 15.2. The van der Waals surface area contributed by atoms with Crippen molar-refractivity contribution < 1.29 is 0 Å². The van der Waals surface area contributed by atoms with E-state index in [0.717, 1.165) is 25.5 Å². The van der Waals surface area contributed by atoms with Crippen LogP contribution in [0.1, 0.15) is 39.4 Å². The van der Waals surface area contributed by atoms with Gasteiger partial charge < -0.3 is 14.8 Å². The van der Waals surface area contributed by atoms with Crippen molar-refractivity contribution in [2.45, 2.75) is 46.2 Å². The summed E-state index contributed by atoms with van der Waals surface area (Å²) in [5.41, 5.74) is 0. The molecule has 0 radical (unpaired) electrons. The molecule has 18 heavy (non-hydrogen) atoms. The van der Waals surface area contributed by atoms with Gasteiger partial charge in [0.15, 0.2) is 0 Å². The van der Waals surface area contributed by atoms with Crippen LogP contribution in [-0.2, 0) is 13.6 Å². The van der Waals surface area contributed by atoms with Crippen molar-refractivity contribution in [1.82, 2.24) is 19.8 Å². The molecule has 4 heteroatoms.